The summed E-state index contributed by atoms with van der Waals surface area (Å²) < 4.78 is 36.2. The summed E-state index contributed by atoms with van der Waals surface area (Å²) in [6.07, 6.45) is -4.92. The van der Waals surface area contributed by atoms with Crippen LogP contribution in [0.3, 0.4) is 0 Å². The molecule has 16 heavy (non-hydrogen) atoms. The Morgan fingerprint density at radius 1 is 1.25 bits per heavy atom. The topological polar surface area (TPSA) is 37.3 Å². The maximum absolute atomic E-state index is 12.1. The lowest BCUT2D eigenvalue weighted by Crippen LogP contribution is -2.13. The van der Waals surface area contributed by atoms with Crippen molar-refractivity contribution in [1.82, 2.24) is 0 Å². The second-order valence-electron chi connectivity index (χ2n) is 3.18. The molecule has 2 nitrogen and oxygen atoms in total. The van der Waals surface area contributed by atoms with E-state index in [1.807, 2.05) is 0 Å². The summed E-state index contributed by atoms with van der Waals surface area (Å²) in [5.41, 5.74) is -0.233. The molecular formula is C11H9F3O2. The van der Waals surface area contributed by atoms with E-state index in [1.54, 1.807) is 30.3 Å². The monoisotopic (exact) mass is 230 g/mol. The van der Waals surface area contributed by atoms with Gasteiger partial charge >= 0.3 is 12.1 Å². The Labute approximate surface area is 90.0 Å². The van der Waals surface area contributed by atoms with Crippen molar-refractivity contribution in [3.8, 4) is 0 Å². The molecule has 0 aromatic heterocycles. The van der Waals surface area contributed by atoms with Crippen LogP contribution in [0.15, 0.2) is 35.9 Å². The highest BCUT2D eigenvalue weighted by Crippen LogP contribution is 2.25. The number of hydrogen-bond donors (Lipinski definition) is 1. The highest BCUT2D eigenvalue weighted by atomic mass is 19.4. The summed E-state index contributed by atoms with van der Waals surface area (Å²) in [5.74, 6) is -1.55. The average molecular weight is 230 g/mol. The van der Waals surface area contributed by atoms with Crippen LogP contribution in [0.25, 0.3) is 6.08 Å². The minimum absolute atomic E-state index is 0.434. The number of carboxylic acids is 1. The molecule has 5 heteroatoms. The number of rotatable bonds is 3. The summed E-state index contributed by atoms with van der Waals surface area (Å²) in [6, 6.07) is 8.03. The summed E-state index contributed by atoms with van der Waals surface area (Å²) in [6.45, 7) is 0. The Kier molecular flexibility index (Phi) is 3.71. The van der Waals surface area contributed by atoms with Gasteiger partial charge in [0.25, 0.3) is 0 Å². The van der Waals surface area contributed by atoms with Crippen LogP contribution < -0.4 is 0 Å². The molecule has 0 heterocycles. The van der Waals surface area contributed by atoms with Crippen molar-refractivity contribution in [1.29, 1.82) is 0 Å². The molecule has 1 rings (SSSR count). The fraction of sp³-hybridized carbons (Fsp3) is 0.182. The van der Waals surface area contributed by atoms with Gasteiger partial charge in [-0.1, -0.05) is 30.3 Å². The molecule has 0 atom stereocenters. The molecule has 0 aliphatic rings. The van der Waals surface area contributed by atoms with Crippen LogP contribution in [0.5, 0.6) is 0 Å². The first-order valence-electron chi connectivity index (χ1n) is 4.44. The van der Waals surface area contributed by atoms with E-state index in [4.69, 9.17) is 5.11 Å². The molecule has 0 radical (unpaired) electrons. The number of aliphatic carboxylic acids is 1. The number of halogens is 3. The van der Waals surface area contributed by atoms with E-state index in [0.717, 1.165) is 6.08 Å². The maximum Gasteiger partial charge on any atom is 0.393 e. The second kappa shape index (κ2) is 4.83. The van der Waals surface area contributed by atoms with Crippen molar-refractivity contribution >= 4 is 12.0 Å². The van der Waals surface area contributed by atoms with Gasteiger partial charge in [0.15, 0.2) is 0 Å². The molecule has 0 aliphatic heterocycles. The zero-order valence-electron chi connectivity index (χ0n) is 8.16. The van der Waals surface area contributed by atoms with Crippen LogP contribution in [0.1, 0.15) is 12.0 Å². The van der Waals surface area contributed by atoms with Gasteiger partial charge in [-0.15, -0.1) is 0 Å². The van der Waals surface area contributed by atoms with E-state index in [2.05, 4.69) is 0 Å². The largest absolute Gasteiger partial charge is 0.478 e. The lowest BCUT2D eigenvalue weighted by Gasteiger charge is -2.06. The number of carboxylic acid groups (broad SMARTS) is 1. The van der Waals surface area contributed by atoms with Crippen LogP contribution in [-0.4, -0.2) is 17.3 Å². The summed E-state index contributed by atoms with van der Waals surface area (Å²) in [7, 11) is 0. The van der Waals surface area contributed by atoms with Crippen molar-refractivity contribution in [3.05, 3.63) is 41.5 Å². The first-order valence-corrected chi connectivity index (χ1v) is 4.44. The maximum atomic E-state index is 12.1. The van der Waals surface area contributed by atoms with Gasteiger partial charge in [0.05, 0.1) is 6.42 Å². The number of hydrogen-bond acceptors (Lipinski definition) is 1. The van der Waals surface area contributed by atoms with E-state index in [-0.39, 0.29) is 0 Å². The molecule has 0 saturated carbocycles. The van der Waals surface area contributed by atoms with Gasteiger partial charge in [0, 0.05) is 5.57 Å². The van der Waals surface area contributed by atoms with Crippen molar-refractivity contribution < 1.29 is 23.1 Å². The standard InChI is InChI=1S/C11H9F3O2/c12-11(13,14)7-9(10(15)16)6-8-4-2-1-3-5-8/h1-6H,7H2,(H,15,16). The second-order valence-corrected chi connectivity index (χ2v) is 3.18. The predicted octanol–water partition coefficient (Wildman–Crippen LogP) is 3.11. The Morgan fingerprint density at radius 3 is 2.25 bits per heavy atom. The molecular weight excluding hydrogens is 221 g/mol. The third-order valence-electron chi connectivity index (χ3n) is 1.81. The number of benzene rings is 1. The SMILES string of the molecule is O=C(O)C(=Cc1ccccc1)CC(F)(F)F. The lowest BCUT2D eigenvalue weighted by molar-refractivity contribution is -0.142. The van der Waals surface area contributed by atoms with E-state index >= 15 is 0 Å². The minimum atomic E-state index is -4.51. The normalized spacial score (nSPS) is 12.6. The van der Waals surface area contributed by atoms with Gasteiger partial charge in [0.2, 0.25) is 0 Å². The predicted molar refractivity (Wildman–Crippen MR) is 52.7 cm³/mol. The molecule has 0 unspecified atom stereocenters. The van der Waals surface area contributed by atoms with E-state index < -0.39 is 24.1 Å². The van der Waals surface area contributed by atoms with Crippen LogP contribution in [0, 0.1) is 0 Å². The summed E-state index contributed by atoms with van der Waals surface area (Å²) >= 11 is 0. The molecule has 1 N–H and O–H groups in total. The van der Waals surface area contributed by atoms with E-state index in [1.165, 1.54) is 0 Å². The minimum Gasteiger partial charge on any atom is -0.478 e. The van der Waals surface area contributed by atoms with Gasteiger partial charge in [-0.2, -0.15) is 13.2 Å². The van der Waals surface area contributed by atoms with Crippen molar-refractivity contribution in [2.75, 3.05) is 0 Å². The van der Waals surface area contributed by atoms with Crippen LogP contribution in [-0.2, 0) is 4.79 Å². The molecule has 0 saturated heterocycles. The van der Waals surface area contributed by atoms with Gasteiger partial charge in [-0.25, -0.2) is 4.79 Å². The fourth-order valence-corrected chi connectivity index (χ4v) is 1.15. The molecule has 0 bridgehead atoms. The Balaban J connectivity index is 2.95. The molecule has 0 fully saturated rings. The zero-order valence-corrected chi connectivity index (χ0v) is 8.16. The van der Waals surface area contributed by atoms with Crippen LogP contribution in [0.2, 0.25) is 0 Å². The smallest absolute Gasteiger partial charge is 0.393 e. The first-order chi connectivity index (χ1) is 7.38. The van der Waals surface area contributed by atoms with E-state index in [0.29, 0.717) is 5.56 Å². The van der Waals surface area contributed by atoms with Crippen molar-refractivity contribution in [2.45, 2.75) is 12.6 Å². The number of alkyl halides is 3. The van der Waals surface area contributed by atoms with Crippen LogP contribution >= 0.6 is 0 Å². The molecule has 86 valence electrons. The third kappa shape index (κ3) is 4.16. The molecule has 1 aromatic carbocycles. The Morgan fingerprint density at radius 2 is 1.81 bits per heavy atom. The number of carbonyl (C=O) groups is 1. The quantitative estimate of drug-likeness (QED) is 0.810. The fourth-order valence-electron chi connectivity index (χ4n) is 1.15. The summed E-state index contributed by atoms with van der Waals surface area (Å²) in [4.78, 5) is 10.6. The summed E-state index contributed by atoms with van der Waals surface area (Å²) in [5, 5.41) is 8.63. The Hall–Kier alpha value is -1.78. The zero-order chi connectivity index (χ0) is 12.2. The first kappa shape index (κ1) is 12.3. The molecule has 0 aliphatic carbocycles. The molecule has 0 spiro atoms. The molecule has 1 aromatic rings. The van der Waals surface area contributed by atoms with Gasteiger partial charge in [0.1, 0.15) is 0 Å². The van der Waals surface area contributed by atoms with Crippen molar-refractivity contribution in [2.24, 2.45) is 0 Å². The average Bonchev–Trinajstić information content (AvgIpc) is 2.16. The lowest BCUT2D eigenvalue weighted by atomic mass is 10.1. The third-order valence-corrected chi connectivity index (χ3v) is 1.81. The van der Waals surface area contributed by atoms with Crippen LogP contribution in [0.4, 0.5) is 13.2 Å². The highest BCUT2D eigenvalue weighted by molar-refractivity contribution is 5.92. The van der Waals surface area contributed by atoms with Gasteiger partial charge in [-0.3, -0.25) is 0 Å². The van der Waals surface area contributed by atoms with Gasteiger partial charge in [-0.05, 0) is 11.6 Å². The van der Waals surface area contributed by atoms with E-state index in [9.17, 15) is 18.0 Å². The highest BCUT2D eigenvalue weighted by Gasteiger charge is 2.31. The van der Waals surface area contributed by atoms with Gasteiger partial charge < -0.3 is 5.11 Å². The Bertz CT molecular complexity index is 393. The van der Waals surface area contributed by atoms with Crippen molar-refractivity contribution in [3.63, 3.8) is 0 Å². The molecule has 0 amide bonds.